The quantitative estimate of drug-likeness (QED) is 0.556. The first-order valence-corrected chi connectivity index (χ1v) is 8.90. The van der Waals surface area contributed by atoms with Gasteiger partial charge in [-0.15, -0.1) is 17.9 Å². The summed E-state index contributed by atoms with van der Waals surface area (Å²) in [6.07, 6.45) is 7.61. The highest BCUT2D eigenvalue weighted by molar-refractivity contribution is 7.99. The highest BCUT2D eigenvalue weighted by Crippen LogP contribution is 2.37. The molecule has 1 aliphatic rings. The summed E-state index contributed by atoms with van der Waals surface area (Å²) in [5, 5.41) is 5.98. The summed E-state index contributed by atoms with van der Waals surface area (Å²) in [5.41, 5.74) is 0. The summed E-state index contributed by atoms with van der Waals surface area (Å²) in [6.45, 7) is 4.87. The molecule has 1 saturated carbocycles. The highest BCUT2D eigenvalue weighted by Gasteiger charge is 2.26. The van der Waals surface area contributed by atoms with Crippen LogP contribution in [-0.4, -0.2) is 18.1 Å². The number of thioether (sulfide) groups is 1. The van der Waals surface area contributed by atoms with E-state index in [-0.39, 0.29) is 0 Å². The van der Waals surface area contributed by atoms with Gasteiger partial charge in [-0.3, -0.25) is 0 Å². The van der Waals surface area contributed by atoms with Crippen molar-refractivity contribution in [3.05, 3.63) is 35.0 Å². The molecule has 0 aromatic carbocycles. The lowest BCUT2D eigenvalue weighted by Crippen LogP contribution is -2.28. The second-order valence-electron chi connectivity index (χ2n) is 4.86. The molecule has 0 amide bonds. The standard InChI is InChI=1S/C15H23NS2/c1-2-10-17-12-9-16-15(13-6-3-4-7-13)14-8-5-11-18-14/h2,5,8,11,13,15-16H,1,3-4,6-7,9-10,12H2. The Labute approximate surface area is 119 Å². The third-order valence-electron chi connectivity index (χ3n) is 3.57. The normalized spacial score (nSPS) is 18.0. The average Bonchev–Trinajstić information content (AvgIpc) is 3.06. The Balaban J connectivity index is 1.83. The Morgan fingerprint density at radius 2 is 2.33 bits per heavy atom. The number of hydrogen-bond donors (Lipinski definition) is 1. The van der Waals surface area contributed by atoms with E-state index in [1.54, 1.807) is 0 Å². The Bertz CT molecular complexity index is 328. The van der Waals surface area contributed by atoms with Crippen molar-refractivity contribution >= 4 is 23.1 Å². The van der Waals surface area contributed by atoms with Crippen LogP contribution in [0.2, 0.25) is 0 Å². The van der Waals surface area contributed by atoms with Crippen molar-refractivity contribution in [1.82, 2.24) is 5.32 Å². The maximum Gasteiger partial charge on any atom is 0.0443 e. The molecule has 1 N–H and O–H groups in total. The van der Waals surface area contributed by atoms with Crippen LogP contribution in [0, 0.1) is 5.92 Å². The maximum atomic E-state index is 3.78. The lowest BCUT2D eigenvalue weighted by atomic mass is 9.97. The molecule has 0 aliphatic heterocycles. The van der Waals surface area contributed by atoms with Gasteiger partial charge in [-0.05, 0) is 30.2 Å². The van der Waals surface area contributed by atoms with Crippen LogP contribution in [0.1, 0.15) is 36.6 Å². The number of hydrogen-bond acceptors (Lipinski definition) is 3. The third kappa shape index (κ3) is 4.15. The first-order chi connectivity index (χ1) is 8.92. The average molecular weight is 281 g/mol. The topological polar surface area (TPSA) is 12.0 Å². The third-order valence-corrected chi connectivity index (χ3v) is 5.49. The summed E-state index contributed by atoms with van der Waals surface area (Å²) in [7, 11) is 0. The van der Waals surface area contributed by atoms with Gasteiger partial charge >= 0.3 is 0 Å². The van der Waals surface area contributed by atoms with Crippen LogP contribution < -0.4 is 5.32 Å². The zero-order valence-electron chi connectivity index (χ0n) is 10.9. The molecule has 0 bridgehead atoms. The number of thiophene rings is 1. The van der Waals surface area contributed by atoms with Gasteiger partial charge in [0.2, 0.25) is 0 Å². The van der Waals surface area contributed by atoms with E-state index in [2.05, 4.69) is 29.4 Å². The fourth-order valence-corrected chi connectivity index (χ4v) is 4.20. The van der Waals surface area contributed by atoms with Gasteiger partial charge in [0, 0.05) is 29.0 Å². The van der Waals surface area contributed by atoms with E-state index in [4.69, 9.17) is 0 Å². The van der Waals surface area contributed by atoms with Crippen molar-refractivity contribution in [2.24, 2.45) is 5.92 Å². The van der Waals surface area contributed by atoms with Crippen LogP contribution in [0.4, 0.5) is 0 Å². The van der Waals surface area contributed by atoms with Crippen LogP contribution in [-0.2, 0) is 0 Å². The Morgan fingerprint density at radius 1 is 1.50 bits per heavy atom. The van der Waals surface area contributed by atoms with Crippen LogP contribution >= 0.6 is 23.1 Å². The molecule has 1 atom stereocenters. The maximum absolute atomic E-state index is 3.78. The summed E-state index contributed by atoms with van der Waals surface area (Å²) in [6, 6.07) is 5.06. The van der Waals surface area contributed by atoms with Crippen molar-refractivity contribution in [2.45, 2.75) is 31.7 Å². The molecule has 1 aliphatic carbocycles. The summed E-state index contributed by atoms with van der Waals surface area (Å²) in [5.74, 6) is 3.10. The van der Waals surface area contributed by atoms with Crippen molar-refractivity contribution < 1.29 is 0 Å². The Hall–Kier alpha value is -0.250. The number of nitrogens with one attached hydrogen (secondary N) is 1. The predicted molar refractivity (Wildman–Crippen MR) is 84.5 cm³/mol. The molecule has 1 aromatic heterocycles. The van der Waals surface area contributed by atoms with Crippen LogP contribution in [0.25, 0.3) is 0 Å². The minimum absolute atomic E-state index is 0.594. The van der Waals surface area contributed by atoms with Crippen molar-refractivity contribution in [3.63, 3.8) is 0 Å². The van der Waals surface area contributed by atoms with Gasteiger partial charge in [-0.1, -0.05) is 25.0 Å². The van der Waals surface area contributed by atoms with Crippen molar-refractivity contribution in [3.8, 4) is 0 Å². The van der Waals surface area contributed by atoms with Gasteiger partial charge in [0.05, 0.1) is 0 Å². The van der Waals surface area contributed by atoms with Gasteiger partial charge in [0.15, 0.2) is 0 Å². The van der Waals surface area contributed by atoms with E-state index in [0.29, 0.717) is 6.04 Å². The molecule has 0 spiro atoms. The van der Waals surface area contributed by atoms with E-state index in [1.165, 1.54) is 36.3 Å². The smallest absolute Gasteiger partial charge is 0.0443 e. The van der Waals surface area contributed by atoms with Crippen LogP contribution in [0.5, 0.6) is 0 Å². The molecule has 1 aromatic rings. The fourth-order valence-electron chi connectivity index (χ4n) is 2.71. The fraction of sp³-hybridized carbons (Fsp3) is 0.600. The minimum Gasteiger partial charge on any atom is -0.308 e. The molecular weight excluding hydrogens is 258 g/mol. The second-order valence-corrected chi connectivity index (χ2v) is 6.98. The lowest BCUT2D eigenvalue weighted by molar-refractivity contribution is 0.380. The van der Waals surface area contributed by atoms with Gasteiger partial charge < -0.3 is 5.32 Å². The molecule has 1 fully saturated rings. The van der Waals surface area contributed by atoms with Gasteiger partial charge in [-0.25, -0.2) is 0 Å². The molecule has 3 heteroatoms. The molecule has 1 nitrogen and oxygen atoms in total. The van der Waals surface area contributed by atoms with E-state index >= 15 is 0 Å². The monoisotopic (exact) mass is 281 g/mol. The highest BCUT2D eigenvalue weighted by atomic mass is 32.2. The molecule has 18 heavy (non-hydrogen) atoms. The summed E-state index contributed by atoms with van der Waals surface area (Å²) >= 11 is 3.86. The van der Waals surface area contributed by atoms with Crippen molar-refractivity contribution in [2.75, 3.05) is 18.1 Å². The predicted octanol–water partition coefficient (Wildman–Crippen LogP) is 4.49. The summed E-state index contributed by atoms with van der Waals surface area (Å²) < 4.78 is 0. The Morgan fingerprint density at radius 3 is 3.00 bits per heavy atom. The zero-order chi connectivity index (χ0) is 12.6. The van der Waals surface area contributed by atoms with Crippen LogP contribution in [0.3, 0.4) is 0 Å². The molecule has 1 heterocycles. The summed E-state index contributed by atoms with van der Waals surface area (Å²) in [4.78, 5) is 1.52. The van der Waals surface area contributed by atoms with Gasteiger partial charge in [-0.2, -0.15) is 11.8 Å². The zero-order valence-corrected chi connectivity index (χ0v) is 12.6. The lowest BCUT2D eigenvalue weighted by Gasteiger charge is -2.23. The van der Waals surface area contributed by atoms with Crippen molar-refractivity contribution in [1.29, 1.82) is 0 Å². The van der Waals surface area contributed by atoms with E-state index in [1.807, 2.05) is 29.2 Å². The largest absolute Gasteiger partial charge is 0.308 e. The van der Waals surface area contributed by atoms with E-state index in [0.717, 1.165) is 18.2 Å². The molecule has 0 saturated heterocycles. The number of rotatable bonds is 8. The first kappa shape index (κ1) is 14.2. The second kappa shape index (κ2) is 8.03. The van der Waals surface area contributed by atoms with Gasteiger partial charge in [0.1, 0.15) is 0 Å². The molecule has 0 radical (unpaired) electrons. The van der Waals surface area contributed by atoms with E-state index < -0.39 is 0 Å². The molecule has 1 unspecified atom stereocenters. The van der Waals surface area contributed by atoms with E-state index in [9.17, 15) is 0 Å². The first-order valence-electron chi connectivity index (χ1n) is 6.87. The molecular formula is C15H23NS2. The minimum atomic E-state index is 0.594. The Kier molecular flexibility index (Phi) is 6.32. The SMILES string of the molecule is C=CCSCCNC(c1cccs1)C1CCCC1. The molecule has 2 rings (SSSR count). The van der Waals surface area contributed by atoms with Crippen LogP contribution in [0.15, 0.2) is 30.2 Å². The van der Waals surface area contributed by atoms with Gasteiger partial charge in [0.25, 0.3) is 0 Å². The molecule has 100 valence electrons.